The summed E-state index contributed by atoms with van der Waals surface area (Å²) in [6.07, 6.45) is 0. The normalized spacial score (nSPS) is 11.5. The first kappa shape index (κ1) is 11.0. The summed E-state index contributed by atoms with van der Waals surface area (Å²) < 4.78 is 10.7. The molecular weight excluding hydrogens is 196 g/mol. The Hall–Kier alpha value is -1.03. The molecule has 4 heteroatoms. The molecular formula is C10H16O3Si. The van der Waals surface area contributed by atoms with Crippen LogP contribution in [0.15, 0.2) is 15.3 Å². The van der Waals surface area contributed by atoms with Gasteiger partial charge in [0.05, 0.1) is 6.07 Å². The maximum atomic E-state index is 11.1. The Balaban J connectivity index is 3.15. The zero-order chi connectivity index (χ0) is 10.9. The molecule has 0 unspecified atom stereocenters. The van der Waals surface area contributed by atoms with Crippen LogP contribution in [-0.2, 0) is 0 Å². The number of hydrogen-bond donors (Lipinski definition) is 0. The molecule has 0 aliphatic rings. The maximum absolute atomic E-state index is 11.1. The largest absolute Gasteiger partial charge is 0.544 e. The maximum Gasteiger partial charge on any atom is 0.339 e. The Kier molecular flexibility index (Phi) is 2.85. The summed E-state index contributed by atoms with van der Waals surface area (Å²) in [4.78, 5) is 11.1. The summed E-state index contributed by atoms with van der Waals surface area (Å²) in [6, 6.07) is 1.42. The highest BCUT2D eigenvalue weighted by atomic mass is 28.4. The van der Waals surface area contributed by atoms with Gasteiger partial charge < -0.3 is 8.84 Å². The van der Waals surface area contributed by atoms with Crippen LogP contribution < -0.4 is 10.1 Å². The Morgan fingerprint density at radius 3 is 2.36 bits per heavy atom. The second-order valence-electron chi connectivity index (χ2n) is 4.33. The molecule has 0 spiro atoms. The zero-order valence-electron chi connectivity index (χ0n) is 9.30. The predicted molar refractivity (Wildman–Crippen MR) is 58.4 cm³/mol. The highest BCUT2D eigenvalue weighted by Gasteiger charge is 2.18. The van der Waals surface area contributed by atoms with E-state index in [2.05, 4.69) is 19.6 Å². The molecule has 0 amide bonds. The molecule has 0 saturated carbocycles. The van der Waals surface area contributed by atoms with Gasteiger partial charge in [-0.05, 0) is 33.5 Å². The quantitative estimate of drug-likeness (QED) is 0.707. The van der Waals surface area contributed by atoms with E-state index < -0.39 is 8.32 Å². The van der Waals surface area contributed by atoms with Crippen molar-refractivity contribution in [2.45, 2.75) is 33.5 Å². The molecule has 0 radical (unpaired) electrons. The molecule has 0 fully saturated rings. The number of rotatable bonds is 2. The van der Waals surface area contributed by atoms with Crippen molar-refractivity contribution in [1.82, 2.24) is 0 Å². The fourth-order valence-corrected chi connectivity index (χ4v) is 1.95. The lowest BCUT2D eigenvalue weighted by molar-refractivity contribution is 0.455. The lowest BCUT2D eigenvalue weighted by Gasteiger charge is -2.20. The Labute approximate surface area is 84.8 Å². The molecule has 0 atom stereocenters. The smallest absolute Gasteiger partial charge is 0.339 e. The fraction of sp³-hybridized carbons (Fsp3) is 0.500. The van der Waals surface area contributed by atoms with Crippen LogP contribution in [-0.4, -0.2) is 8.32 Å². The molecule has 0 aromatic carbocycles. The minimum atomic E-state index is -1.66. The molecule has 0 saturated heterocycles. The van der Waals surface area contributed by atoms with Crippen molar-refractivity contribution in [3.05, 3.63) is 27.8 Å². The van der Waals surface area contributed by atoms with E-state index in [0.29, 0.717) is 11.5 Å². The monoisotopic (exact) mass is 212 g/mol. The van der Waals surface area contributed by atoms with E-state index in [9.17, 15) is 4.79 Å². The highest BCUT2D eigenvalue weighted by molar-refractivity contribution is 6.70. The molecule has 3 nitrogen and oxygen atoms in total. The van der Waals surface area contributed by atoms with Crippen molar-refractivity contribution in [3.8, 4) is 5.75 Å². The predicted octanol–water partition coefficient (Wildman–Crippen LogP) is 2.47. The molecule has 0 bridgehead atoms. The van der Waals surface area contributed by atoms with Crippen LogP contribution in [0.4, 0.5) is 0 Å². The van der Waals surface area contributed by atoms with Crippen LogP contribution in [0.3, 0.4) is 0 Å². The van der Waals surface area contributed by atoms with Crippen molar-refractivity contribution < 1.29 is 8.84 Å². The lowest BCUT2D eigenvalue weighted by Crippen LogP contribution is -2.30. The van der Waals surface area contributed by atoms with E-state index in [1.165, 1.54) is 6.07 Å². The minimum Gasteiger partial charge on any atom is -0.544 e. The zero-order valence-corrected chi connectivity index (χ0v) is 10.3. The summed E-state index contributed by atoms with van der Waals surface area (Å²) in [6.45, 7) is 9.91. The van der Waals surface area contributed by atoms with E-state index in [1.54, 1.807) is 6.92 Å². The van der Waals surface area contributed by atoms with Crippen molar-refractivity contribution >= 4 is 8.32 Å². The molecule has 1 heterocycles. The van der Waals surface area contributed by atoms with Gasteiger partial charge in [-0.15, -0.1) is 0 Å². The fourth-order valence-electron chi connectivity index (χ4n) is 1.08. The Morgan fingerprint density at radius 1 is 1.29 bits per heavy atom. The van der Waals surface area contributed by atoms with Crippen molar-refractivity contribution in [2.75, 3.05) is 0 Å². The van der Waals surface area contributed by atoms with Crippen molar-refractivity contribution in [2.24, 2.45) is 0 Å². The van der Waals surface area contributed by atoms with E-state index in [1.807, 2.05) is 6.92 Å². The second-order valence-corrected chi connectivity index (χ2v) is 8.75. The van der Waals surface area contributed by atoms with Crippen LogP contribution >= 0.6 is 0 Å². The van der Waals surface area contributed by atoms with E-state index in [4.69, 9.17) is 8.84 Å². The number of hydrogen-bond acceptors (Lipinski definition) is 3. The third-order valence-corrected chi connectivity index (χ3v) is 2.65. The van der Waals surface area contributed by atoms with Gasteiger partial charge in [-0.1, -0.05) is 0 Å². The van der Waals surface area contributed by atoms with Crippen molar-refractivity contribution in [3.63, 3.8) is 0 Å². The average Bonchev–Trinajstić information content (AvgIpc) is 1.96. The molecule has 1 aromatic heterocycles. The van der Waals surface area contributed by atoms with Crippen LogP contribution in [0, 0.1) is 13.8 Å². The summed E-state index contributed by atoms with van der Waals surface area (Å²) in [7, 11) is -1.66. The van der Waals surface area contributed by atoms with Gasteiger partial charge >= 0.3 is 5.63 Å². The van der Waals surface area contributed by atoms with Crippen molar-refractivity contribution in [1.29, 1.82) is 0 Å². The Bertz CT molecular complexity index is 387. The third kappa shape index (κ3) is 2.73. The van der Waals surface area contributed by atoms with Gasteiger partial charge in [0.15, 0.2) is 0 Å². The topological polar surface area (TPSA) is 39.4 Å². The highest BCUT2D eigenvalue weighted by Crippen LogP contribution is 2.21. The van der Waals surface area contributed by atoms with Crippen LogP contribution in [0.5, 0.6) is 5.75 Å². The Morgan fingerprint density at radius 2 is 1.86 bits per heavy atom. The van der Waals surface area contributed by atoms with E-state index >= 15 is 0 Å². The lowest BCUT2D eigenvalue weighted by atomic mass is 10.2. The van der Waals surface area contributed by atoms with Gasteiger partial charge in [0, 0.05) is 5.56 Å². The van der Waals surface area contributed by atoms with Gasteiger partial charge in [0.2, 0.25) is 8.32 Å². The van der Waals surface area contributed by atoms with Crippen LogP contribution in [0.25, 0.3) is 0 Å². The molecule has 1 rings (SSSR count). The molecule has 1 aromatic rings. The first-order chi connectivity index (χ1) is 6.29. The first-order valence-corrected chi connectivity index (χ1v) is 8.01. The van der Waals surface area contributed by atoms with Gasteiger partial charge in [-0.25, -0.2) is 4.79 Å². The third-order valence-electron chi connectivity index (χ3n) is 1.82. The molecule has 0 aliphatic carbocycles. The first-order valence-electron chi connectivity index (χ1n) is 4.60. The van der Waals surface area contributed by atoms with Gasteiger partial charge in [0.25, 0.3) is 0 Å². The number of aryl methyl sites for hydroxylation is 1. The molecule has 0 aliphatic heterocycles. The summed E-state index contributed by atoms with van der Waals surface area (Å²) in [5.41, 5.74) is 0.563. The van der Waals surface area contributed by atoms with Crippen LogP contribution in [0.2, 0.25) is 19.6 Å². The standard InChI is InChI=1S/C10H16O3Si/c1-7-8(2)12-10(11)6-9(7)13-14(3,4)5/h6H,1-5H3. The van der Waals surface area contributed by atoms with Gasteiger partial charge in [-0.3, -0.25) is 0 Å². The summed E-state index contributed by atoms with van der Waals surface area (Å²) in [5.74, 6) is 1.30. The average molecular weight is 212 g/mol. The molecule has 78 valence electrons. The summed E-state index contributed by atoms with van der Waals surface area (Å²) in [5, 5.41) is 0. The summed E-state index contributed by atoms with van der Waals surface area (Å²) >= 11 is 0. The van der Waals surface area contributed by atoms with Crippen LogP contribution in [0.1, 0.15) is 11.3 Å². The van der Waals surface area contributed by atoms with E-state index in [0.717, 1.165) is 5.56 Å². The second kappa shape index (κ2) is 3.61. The molecule has 0 N–H and O–H groups in total. The van der Waals surface area contributed by atoms with Gasteiger partial charge in [-0.2, -0.15) is 0 Å². The minimum absolute atomic E-state index is 0.346. The molecule has 14 heavy (non-hydrogen) atoms. The SMILES string of the molecule is Cc1oc(=O)cc(O[Si](C)(C)C)c1C. The van der Waals surface area contributed by atoms with Gasteiger partial charge in [0.1, 0.15) is 11.5 Å². The van der Waals surface area contributed by atoms with E-state index in [-0.39, 0.29) is 5.63 Å².